The van der Waals surface area contributed by atoms with E-state index in [1.165, 1.54) is 11.8 Å². The van der Waals surface area contributed by atoms with Crippen molar-refractivity contribution in [3.63, 3.8) is 0 Å². The number of carbonyl (C=O) groups is 2. The molecule has 1 aliphatic heterocycles. The highest BCUT2D eigenvalue weighted by atomic mass is 32.2. The van der Waals surface area contributed by atoms with Crippen molar-refractivity contribution in [1.29, 1.82) is 0 Å². The first kappa shape index (κ1) is 20.2. The van der Waals surface area contributed by atoms with E-state index in [0.717, 1.165) is 33.7 Å². The number of carbonyl (C=O) groups excluding carboxylic acids is 2. The van der Waals surface area contributed by atoms with Crippen LogP contribution in [0.15, 0.2) is 77.7 Å². The summed E-state index contributed by atoms with van der Waals surface area (Å²) in [6.07, 6.45) is 0.832. The van der Waals surface area contributed by atoms with Gasteiger partial charge in [-0.1, -0.05) is 48.0 Å². The van der Waals surface area contributed by atoms with Crippen LogP contribution in [0.1, 0.15) is 27.0 Å². The molecule has 0 aromatic heterocycles. The summed E-state index contributed by atoms with van der Waals surface area (Å²) >= 11 is 1.53. The lowest BCUT2D eigenvalue weighted by atomic mass is 10.1. The van der Waals surface area contributed by atoms with Gasteiger partial charge in [-0.3, -0.25) is 9.59 Å². The van der Waals surface area contributed by atoms with Crippen LogP contribution < -0.4 is 10.2 Å². The monoisotopic (exact) mass is 416 g/mol. The fourth-order valence-corrected chi connectivity index (χ4v) is 4.29. The number of aryl methyl sites for hydroxylation is 1. The van der Waals surface area contributed by atoms with Crippen LogP contribution >= 0.6 is 11.8 Å². The average Bonchev–Trinajstić information content (AvgIpc) is 3.20. The molecule has 1 N–H and O–H groups in total. The minimum Gasteiger partial charge on any atom is -0.351 e. The van der Waals surface area contributed by atoms with Crippen LogP contribution in [0.5, 0.6) is 0 Å². The van der Waals surface area contributed by atoms with Gasteiger partial charge < -0.3 is 10.2 Å². The Labute approximate surface area is 181 Å². The lowest BCUT2D eigenvalue weighted by molar-refractivity contribution is -0.118. The van der Waals surface area contributed by atoms with E-state index in [0.29, 0.717) is 24.4 Å². The smallest absolute Gasteiger partial charge is 0.258 e. The Morgan fingerprint density at radius 1 is 1.00 bits per heavy atom. The number of amides is 2. The summed E-state index contributed by atoms with van der Waals surface area (Å²) in [6, 6.07) is 23.7. The van der Waals surface area contributed by atoms with E-state index in [4.69, 9.17) is 0 Å². The summed E-state index contributed by atoms with van der Waals surface area (Å²) < 4.78 is 0. The van der Waals surface area contributed by atoms with Gasteiger partial charge in [0.15, 0.2) is 0 Å². The molecule has 0 unspecified atom stereocenters. The Kier molecular flexibility index (Phi) is 6.19. The molecule has 4 nitrogen and oxygen atoms in total. The molecule has 30 heavy (non-hydrogen) atoms. The van der Waals surface area contributed by atoms with Crippen LogP contribution in [0.4, 0.5) is 5.69 Å². The normalized spacial score (nSPS) is 12.5. The number of hydrogen-bond donors (Lipinski definition) is 1. The molecule has 152 valence electrons. The van der Waals surface area contributed by atoms with Crippen LogP contribution in [0.25, 0.3) is 0 Å². The first-order valence-electron chi connectivity index (χ1n) is 10.0. The van der Waals surface area contributed by atoms with E-state index in [-0.39, 0.29) is 11.8 Å². The Morgan fingerprint density at radius 3 is 2.53 bits per heavy atom. The number of fused-ring (bicyclic) bond motifs is 1. The maximum atomic E-state index is 12.9. The molecule has 0 atom stereocenters. The molecule has 0 saturated carbocycles. The van der Waals surface area contributed by atoms with Gasteiger partial charge in [-0.15, -0.1) is 11.8 Å². The minimum absolute atomic E-state index is 0.0144. The van der Waals surface area contributed by atoms with Gasteiger partial charge in [-0.2, -0.15) is 0 Å². The highest BCUT2D eigenvalue weighted by Crippen LogP contribution is 2.30. The SMILES string of the molecule is Cc1ccc(C(=O)N2CCc3cc(CNC(=O)CSc4ccccc4)ccc32)cc1. The molecule has 0 saturated heterocycles. The van der Waals surface area contributed by atoms with Crippen molar-refractivity contribution in [3.8, 4) is 0 Å². The lowest BCUT2D eigenvalue weighted by Crippen LogP contribution is -2.28. The molecule has 3 aromatic rings. The van der Waals surface area contributed by atoms with Crippen molar-refractivity contribution in [3.05, 3.63) is 95.1 Å². The zero-order chi connectivity index (χ0) is 20.9. The molecule has 2 amide bonds. The van der Waals surface area contributed by atoms with Crippen LogP contribution in [0.2, 0.25) is 0 Å². The fraction of sp³-hybridized carbons (Fsp3) is 0.200. The molecule has 0 aliphatic carbocycles. The molecule has 0 bridgehead atoms. The van der Waals surface area contributed by atoms with E-state index in [9.17, 15) is 9.59 Å². The Bertz CT molecular complexity index is 1050. The Balaban J connectivity index is 1.35. The third-order valence-electron chi connectivity index (χ3n) is 5.19. The maximum Gasteiger partial charge on any atom is 0.258 e. The number of nitrogens with zero attached hydrogens (tertiary/aromatic N) is 1. The van der Waals surface area contributed by atoms with Crippen molar-refractivity contribution < 1.29 is 9.59 Å². The third kappa shape index (κ3) is 4.74. The zero-order valence-corrected chi connectivity index (χ0v) is 17.7. The van der Waals surface area contributed by atoms with E-state index in [1.54, 1.807) is 0 Å². The number of anilines is 1. The fourth-order valence-electron chi connectivity index (χ4n) is 3.55. The number of hydrogen-bond acceptors (Lipinski definition) is 3. The zero-order valence-electron chi connectivity index (χ0n) is 16.9. The van der Waals surface area contributed by atoms with Gasteiger partial charge in [-0.25, -0.2) is 0 Å². The molecular formula is C25H24N2O2S. The summed E-state index contributed by atoms with van der Waals surface area (Å²) in [5.41, 5.74) is 5.02. The third-order valence-corrected chi connectivity index (χ3v) is 6.20. The van der Waals surface area contributed by atoms with Gasteiger partial charge in [0.25, 0.3) is 5.91 Å². The number of rotatable bonds is 6. The van der Waals surface area contributed by atoms with Crippen LogP contribution in [-0.4, -0.2) is 24.1 Å². The summed E-state index contributed by atoms with van der Waals surface area (Å²) in [5.74, 6) is 0.446. The average molecular weight is 417 g/mol. The summed E-state index contributed by atoms with van der Waals surface area (Å²) in [6.45, 7) is 3.19. The molecule has 0 radical (unpaired) electrons. The maximum absolute atomic E-state index is 12.9. The van der Waals surface area contributed by atoms with Gasteiger partial charge in [0.05, 0.1) is 5.75 Å². The first-order valence-corrected chi connectivity index (χ1v) is 11.0. The van der Waals surface area contributed by atoms with Gasteiger partial charge in [0.2, 0.25) is 5.91 Å². The van der Waals surface area contributed by atoms with Crippen molar-refractivity contribution in [2.75, 3.05) is 17.2 Å². The van der Waals surface area contributed by atoms with Crippen LogP contribution in [0, 0.1) is 6.92 Å². The van der Waals surface area contributed by atoms with Crippen LogP contribution in [-0.2, 0) is 17.8 Å². The van der Waals surface area contributed by atoms with Gasteiger partial charge in [0.1, 0.15) is 0 Å². The number of benzene rings is 3. The summed E-state index contributed by atoms with van der Waals surface area (Å²) in [5, 5.41) is 2.99. The molecule has 0 spiro atoms. The first-order chi connectivity index (χ1) is 14.6. The molecule has 5 heteroatoms. The van der Waals surface area contributed by atoms with Gasteiger partial charge >= 0.3 is 0 Å². The number of nitrogens with one attached hydrogen (secondary N) is 1. The second-order valence-corrected chi connectivity index (χ2v) is 8.46. The lowest BCUT2D eigenvalue weighted by Gasteiger charge is -2.18. The van der Waals surface area contributed by atoms with E-state index in [2.05, 4.69) is 11.4 Å². The predicted molar refractivity (Wildman–Crippen MR) is 122 cm³/mol. The second kappa shape index (κ2) is 9.18. The van der Waals surface area contributed by atoms with Crippen molar-refractivity contribution in [1.82, 2.24) is 5.32 Å². The highest BCUT2D eigenvalue weighted by Gasteiger charge is 2.25. The largest absolute Gasteiger partial charge is 0.351 e. The topological polar surface area (TPSA) is 49.4 Å². The summed E-state index contributed by atoms with van der Waals surface area (Å²) in [7, 11) is 0. The van der Waals surface area contributed by atoms with E-state index in [1.807, 2.05) is 78.6 Å². The molecule has 4 rings (SSSR count). The Hall–Kier alpha value is -3.05. The number of thioether (sulfide) groups is 1. The van der Waals surface area contributed by atoms with Crippen molar-refractivity contribution in [2.45, 2.75) is 24.8 Å². The summed E-state index contributed by atoms with van der Waals surface area (Å²) in [4.78, 5) is 28.0. The minimum atomic E-state index is 0.0144. The molecule has 3 aromatic carbocycles. The quantitative estimate of drug-likeness (QED) is 0.597. The van der Waals surface area contributed by atoms with Crippen LogP contribution in [0.3, 0.4) is 0 Å². The second-order valence-electron chi connectivity index (χ2n) is 7.41. The van der Waals surface area contributed by atoms with Gasteiger partial charge in [-0.05, 0) is 54.8 Å². The van der Waals surface area contributed by atoms with Crippen molar-refractivity contribution in [2.24, 2.45) is 0 Å². The molecular weight excluding hydrogens is 392 g/mol. The van der Waals surface area contributed by atoms with Gasteiger partial charge in [0, 0.05) is 29.2 Å². The van der Waals surface area contributed by atoms with Crippen molar-refractivity contribution >= 4 is 29.3 Å². The van der Waals surface area contributed by atoms with E-state index >= 15 is 0 Å². The predicted octanol–water partition coefficient (Wildman–Crippen LogP) is 4.61. The molecule has 0 fully saturated rings. The Morgan fingerprint density at radius 2 is 1.77 bits per heavy atom. The molecule has 1 heterocycles. The van der Waals surface area contributed by atoms with E-state index < -0.39 is 0 Å². The molecule has 1 aliphatic rings. The highest BCUT2D eigenvalue weighted by molar-refractivity contribution is 8.00. The standard InChI is InChI=1S/C25H24N2O2S/c1-18-7-10-20(11-8-18)25(29)27-14-13-21-15-19(9-12-23(21)27)16-26-24(28)17-30-22-5-3-2-4-6-22/h2-12,15H,13-14,16-17H2,1H3,(H,26,28).